The summed E-state index contributed by atoms with van der Waals surface area (Å²) in [5.41, 5.74) is 0.798. The van der Waals surface area contributed by atoms with E-state index in [-0.39, 0.29) is 18.3 Å². The maximum atomic E-state index is 13.1. The molecule has 1 amide bonds. The van der Waals surface area contributed by atoms with Crippen molar-refractivity contribution in [2.24, 2.45) is 0 Å². The molecule has 0 bridgehead atoms. The van der Waals surface area contributed by atoms with Crippen LogP contribution < -0.4 is 5.32 Å². The maximum absolute atomic E-state index is 13.1. The Labute approximate surface area is 113 Å². The summed E-state index contributed by atoms with van der Waals surface area (Å²) in [6, 6.07) is 6.32. The van der Waals surface area contributed by atoms with Crippen molar-refractivity contribution in [1.29, 1.82) is 0 Å². The predicted octanol–water partition coefficient (Wildman–Crippen LogP) is 1.41. The van der Waals surface area contributed by atoms with E-state index in [0.717, 1.165) is 5.56 Å². The number of nitrogens with zero attached hydrogens (tertiary/aromatic N) is 1. The molecule has 0 aliphatic heterocycles. The summed E-state index contributed by atoms with van der Waals surface area (Å²) in [6.07, 6.45) is 0. The lowest BCUT2D eigenvalue weighted by molar-refractivity contribution is -0.130. The zero-order valence-corrected chi connectivity index (χ0v) is 11.5. The molecule has 1 aromatic carbocycles. The van der Waals surface area contributed by atoms with Gasteiger partial charge in [0, 0.05) is 26.7 Å². The van der Waals surface area contributed by atoms with Gasteiger partial charge in [0.15, 0.2) is 0 Å². The van der Waals surface area contributed by atoms with Crippen LogP contribution in [0.4, 0.5) is 4.39 Å². The van der Waals surface area contributed by atoms with Crippen molar-refractivity contribution in [2.75, 3.05) is 33.4 Å². The fourth-order valence-electron chi connectivity index (χ4n) is 1.71. The second-order valence-corrected chi connectivity index (χ2v) is 4.21. The number of carbonyl (C=O) groups is 1. The van der Waals surface area contributed by atoms with Crippen molar-refractivity contribution in [2.45, 2.75) is 13.5 Å². The molecule has 0 heterocycles. The first-order chi connectivity index (χ1) is 9.17. The van der Waals surface area contributed by atoms with Gasteiger partial charge in [-0.2, -0.15) is 0 Å². The fraction of sp³-hybridized carbons (Fsp3) is 0.500. The van der Waals surface area contributed by atoms with Crippen molar-refractivity contribution < 1.29 is 13.9 Å². The summed E-state index contributed by atoms with van der Waals surface area (Å²) in [4.78, 5) is 13.6. The number of ether oxygens (including phenoxy) is 1. The average Bonchev–Trinajstić information content (AvgIpc) is 2.41. The molecule has 1 aromatic rings. The Balaban J connectivity index is 2.46. The van der Waals surface area contributed by atoms with Gasteiger partial charge in [-0.1, -0.05) is 12.1 Å². The fourth-order valence-corrected chi connectivity index (χ4v) is 1.71. The Morgan fingerprint density at radius 3 is 2.89 bits per heavy atom. The molecule has 0 atom stereocenters. The first-order valence-corrected chi connectivity index (χ1v) is 6.39. The molecule has 0 saturated carbocycles. The van der Waals surface area contributed by atoms with Gasteiger partial charge in [0.2, 0.25) is 5.91 Å². The Bertz CT molecular complexity index is 399. The van der Waals surface area contributed by atoms with Crippen LogP contribution in [0.1, 0.15) is 12.5 Å². The third-order valence-electron chi connectivity index (χ3n) is 2.76. The average molecular weight is 268 g/mol. The van der Waals surface area contributed by atoms with Gasteiger partial charge in [0.25, 0.3) is 0 Å². The van der Waals surface area contributed by atoms with Crippen molar-refractivity contribution >= 4 is 5.91 Å². The van der Waals surface area contributed by atoms with Crippen LogP contribution in [-0.4, -0.2) is 44.2 Å². The summed E-state index contributed by atoms with van der Waals surface area (Å²) < 4.78 is 18.0. The van der Waals surface area contributed by atoms with Crippen LogP contribution in [-0.2, 0) is 16.1 Å². The van der Waals surface area contributed by atoms with Crippen molar-refractivity contribution in [1.82, 2.24) is 10.2 Å². The van der Waals surface area contributed by atoms with Crippen molar-refractivity contribution in [3.63, 3.8) is 0 Å². The SMILES string of the molecule is CCN(Cc1cccc(F)c1)C(=O)CNCCOC. The number of methoxy groups -OCH3 is 1. The molecule has 5 heteroatoms. The molecule has 0 aliphatic carbocycles. The summed E-state index contributed by atoms with van der Waals surface area (Å²) in [7, 11) is 1.62. The van der Waals surface area contributed by atoms with E-state index in [4.69, 9.17) is 4.74 Å². The number of benzene rings is 1. The highest BCUT2D eigenvalue weighted by molar-refractivity contribution is 5.78. The van der Waals surface area contributed by atoms with E-state index in [9.17, 15) is 9.18 Å². The second kappa shape index (κ2) is 8.61. The van der Waals surface area contributed by atoms with Crippen LogP contribution in [0.5, 0.6) is 0 Å². The van der Waals surface area contributed by atoms with Gasteiger partial charge in [0.05, 0.1) is 13.2 Å². The number of amides is 1. The maximum Gasteiger partial charge on any atom is 0.236 e. The van der Waals surface area contributed by atoms with Gasteiger partial charge >= 0.3 is 0 Å². The molecule has 0 spiro atoms. The number of nitrogens with one attached hydrogen (secondary N) is 1. The highest BCUT2D eigenvalue weighted by Crippen LogP contribution is 2.07. The minimum atomic E-state index is -0.278. The Morgan fingerprint density at radius 2 is 2.26 bits per heavy atom. The zero-order valence-electron chi connectivity index (χ0n) is 11.5. The minimum absolute atomic E-state index is 0.00265. The number of hydrogen-bond acceptors (Lipinski definition) is 3. The standard InChI is InChI=1S/C14H21FN2O2/c1-3-17(14(18)10-16-7-8-19-2)11-12-5-4-6-13(15)9-12/h4-6,9,16H,3,7-8,10-11H2,1-2H3. The molecule has 1 rings (SSSR count). The minimum Gasteiger partial charge on any atom is -0.383 e. The molecule has 0 fully saturated rings. The third kappa shape index (κ3) is 5.81. The van der Waals surface area contributed by atoms with E-state index in [1.807, 2.05) is 13.0 Å². The van der Waals surface area contributed by atoms with E-state index in [1.165, 1.54) is 12.1 Å². The molecule has 0 aromatic heterocycles. The van der Waals surface area contributed by atoms with E-state index < -0.39 is 0 Å². The number of rotatable bonds is 8. The number of carbonyl (C=O) groups excluding carboxylic acids is 1. The number of hydrogen-bond donors (Lipinski definition) is 1. The van der Waals surface area contributed by atoms with Gasteiger partial charge in [-0.3, -0.25) is 4.79 Å². The lowest BCUT2D eigenvalue weighted by Crippen LogP contribution is -2.38. The van der Waals surface area contributed by atoms with Gasteiger partial charge in [0.1, 0.15) is 5.82 Å². The molecule has 0 radical (unpaired) electrons. The Kier molecular flexibility index (Phi) is 7.07. The number of halogens is 1. The zero-order chi connectivity index (χ0) is 14.1. The highest BCUT2D eigenvalue weighted by Gasteiger charge is 2.11. The molecular weight excluding hydrogens is 247 g/mol. The predicted molar refractivity (Wildman–Crippen MR) is 72.2 cm³/mol. The lowest BCUT2D eigenvalue weighted by atomic mass is 10.2. The quantitative estimate of drug-likeness (QED) is 0.725. The summed E-state index contributed by atoms with van der Waals surface area (Å²) in [5, 5.41) is 3.01. The van der Waals surface area contributed by atoms with Crippen LogP contribution >= 0.6 is 0 Å². The first kappa shape index (κ1) is 15.6. The van der Waals surface area contributed by atoms with Gasteiger partial charge in [-0.15, -0.1) is 0 Å². The molecule has 106 valence electrons. The van der Waals surface area contributed by atoms with Crippen LogP contribution in [0.2, 0.25) is 0 Å². The Hall–Kier alpha value is -1.46. The van der Waals surface area contributed by atoms with E-state index in [1.54, 1.807) is 18.1 Å². The largest absolute Gasteiger partial charge is 0.383 e. The van der Waals surface area contributed by atoms with Crippen LogP contribution in [0.15, 0.2) is 24.3 Å². The molecule has 19 heavy (non-hydrogen) atoms. The lowest BCUT2D eigenvalue weighted by Gasteiger charge is -2.21. The molecular formula is C14H21FN2O2. The van der Waals surface area contributed by atoms with Crippen LogP contribution in [0, 0.1) is 5.82 Å². The molecule has 4 nitrogen and oxygen atoms in total. The molecule has 0 saturated heterocycles. The molecule has 0 aliphatic rings. The first-order valence-electron chi connectivity index (χ1n) is 6.39. The topological polar surface area (TPSA) is 41.6 Å². The van der Waals surface area contributed by atoms with Crippen molar-refractivity contribution in [3.8, 4) is 0 Å². The number of likely N-dealkylation sites (N-methyl/N-ethyl adjacent to an activating group) is 1. The summed E-state index contributed by atoms with van der Waals surface area (Å²) in [5.74, 6) is -0.276. The summed E-state index contributed by atoms with van der Waals surface area (Å²) >= 11 is 0. The van der Waals surface area contributed by atoms with Crippen LogP contribution in [0.3, 0.4) is 0 Å². The van der Waals surface area contributed by atoms with E-state index in [0.29, 0.717) is 26.2 Å². The van der Waals surface area contributed by atoms with Gasteiger partial charge in [-0.25, -0.2) is 4.39 Å². The monoisotopic (exact) mass is 268 g/mol. The smallest absolute Gasteiger partial charge is 0.236 e. The van der Waals surface area contributed by atoms with Crippen molar-refractivity contribution in [3.05, 3.63) is 35.6 Å². The van der Waals surface area contributed by atoms with Gasteiger partial charge < -0.3 is 15.0 Å². The van der Waals surface area contributed by atoms with E-state index in [2.05, 4.69) is 5.32 Å². The van der Waals surface area contributed by atoms with Crippen LogP contribution in [0.25, 0.3) is 0 Å². The third-order valence-corrected chi connectivity index (χ3v) is 2.76. The molecule has 0 unspecified atom stereocenters. The Morgan fingerprint density at radius 1 is 1.47 bits per heavy atom. The second-order valence-electron chi connectivity index (χ2n) is 4.21. The summed E-state index contributed by atoms with van der Waals surface area (Å²) in [6.45, 7) is 4.42. The van der Waals surface area contributed by atoms with Gasteiger partial charge in [-0.05, 0) is 24.6 Å². The molecule has 1 N–H and O–H groups in total. The normalized spacial score (nSPS) is 10.5. The highest BCUT2D eigenvalue weighted by atomic mass is 19.1. The van der Waals surface area contributed by atoms with E-state index >= 15 is 0 Å².